The fourth-order valence-corrected chi connectivity index (χ4v) is 1.11. The van der Waals surface area contributed by atoms with Crippen LogP contribution in [0.2, 0.25) is 0 Å². The fraction of sp³-hybridized carbons (Fsp3) is 0.200. The highest BCUT2D eigenvalue weighted by Crippen LogP contribution is 2.17. The molecule has 0 heterocycles. The van der Waals surface area contributed by atoms with Crippen molar-refractivity contribution in [2.45, 2.75) is 6.42 Å². The van der Waals surface area contributed by atoms with Crippen LogP contribution in [0, 0.1) is 10.1 Å². The number of nitro benzene ring substituents is 1. The minimum Gasteiger partial charge on any atom is -0.426 e. The Morgan fingerprint density at radius 1 is 1.33 bits per heavy atom. The molecule has 0 unspecified atom stereocenters. The van der Waals surface area contributed by atoms with E-state index in [2.05, 4.69) is 5.32 Å². The van der Waals surface area contributed by atoms with Gasteiger partial charge in [-0.25, -0.2) is 4.79 Å². The highest BCUT2D eigenvalue weighted by Gasteiger charge is 2.08. The maximum absolute atomic E-state index is 11.3. The van der Waals surface area contributed by atoms with Crippen molar-refractivity contribution < 1.29 is 19.2 Å². The Bertz CT molecular complexity index is 457. The summed E-state index contributed by atoms with van der Waals surface area (Å²) in [6.07, 6.45) is -0.0417. The van der Waals surface area contributed by atoms with Crippen molar-refractivity contribution >= 4 is 17.7 Å². The summed E-state index contributed by atoms with van der Waals surface area (Å²) in [6.45, 7) is 0.0706. The van der Waals surface area contributed by atoms with Crippen molar-refractivity contribution in [1.82, 2.24) is 5.32 Å². The van der Waals surface area contributed by atoms with Crippen LogP contribution in [0.3, 0.4) is 0 Å². The molecule has 8 heteroatoms. The number of rotatable bonds is 5. The smallest absolute Gasteiger partial charge is 0.312 e. The molecule has 0 aliphatic heterocycles. The molecule has 0 saturated carbocycles. The van der Waals surface area contributed by atoms with Crippen molar-refractivity contribution in [3.05, 3.63) is 34.4 Å². The topological polar surface area (TPSA) is 125 Å². The summed E-state index contributed by atoms with van der Waals surface area (Å²) in [6, 6.07) is 4.36. The Kier molecular flexibility index (Phi) is 4.61. The Morgan fingerprint density at radius 3 is 2.44 bits per heavy atom. The van der Waals surface area contributed by atoms with Gasteiger partial charge in [0.1, 0.15) is 5.75 Å². The molecular weight excluding hydrogens is 242 g/mol. The number of primary amides is 1. The summed E-state index contributed by atoms with van der Waals surface area (Å²) in [5.41, 5.74) is 4.72. The number of benzene rings is 1. The molecule has 1 aromatic rings. The van der Waals surface area contributed by atoms with Crippen LogP contribution < -0.4 is 15.8 Å². The maximum atomic E-state index is 11.3. The summed E-state index contributed by atoms with van der Waals surface area (Å²) in [7, 11) is 0. The van der Waals surface area contributed by atoms with Gasteiger partial charge in [0.2, 0.25) is 0 Å². The van der Waals surface area contributed by atoms with Gasteiger partial charge in [-0.15, -0.1) is 0 Å². The maximum Gasteiger partial charge on any atom is 0.312 e. The van der Waals surface area contributed by atoms with Gasteiger partial charge >= 0.3 is 12.0 Å². The Morgan fingerprint density at radius 2 is 1.94 bits per heavy atom. The van der Waals surface area contributed by atoms with E-state index in [9.17, 15) is 19.7 Å². The van der Waals surface area contributed by atoms with Crippen molar-refractivity contribution in [2.75, 3.05) is 6.54 Å². The second-order valence-electron chi connectivity index (χ2n) is 3.27. The Labute approximate surface area is 102 Å². The number of carbonyl (C=O) groups is 2. The number of nitrogens with one attached hydrogen (secondary N) is 1. The Hall–Kier alpha value is -2.64. The zero-order valence-electron chi connectivity index (χ0n) is 9.29. The number of non-ortho nitro benzene ring substituents is 1. The van der Waals surface area contributed by atoms with Crippen molar-refractivity contribution in [2.24, 2.45) is 5.73 Å². The van der Waals surface area contributed by atoms with E-state index in [0.29, 0.717) is 0 Å². The molecule has 3 N–H and O–H groups in total. The van der Waals surface area contributed by atoms with E-state index in [1.807, 2.05) is 0 Å². The third kappa shape index (κ3) is 4.47. The zero-order valence-corrected chi connectivity index (χ0v) is 9.29. The largest absolute Gasteiger partial charge is 0.426 e. The average Bonchev–Trinajstić information content (AvgIpc) is 2.29. The molecule has 0 aliphatic carbocycles. The van der Waals surface area contributed by atoms with E-state index in [1.165, 1.54) is 24.3 Å². The van der Waals surface area contributed by atoms with Gasteiger partial charge in [-0.2, -0.15) is 0 Å². The molecule has 0 fully saturated rings. The molecule has 1 rings (SSSR count). The molecular formula is C10H11N3O5. The van der Waals surface area contributed by atoms with Crippen molar-refractivity contribution in [3.8, 4) is 5.75 Å². The van der Waals surface area contributed by atoms with Crippen LogP contribution >= 0.6 is 0 Å². The SMILES string of the molecule is NC(=O)NCCC(=O)Oc1ccc([N+](=O)[O-])cc1. The lowest BCUT2D eigenvalue weighted by molar-refractivity contribution is -0.384. The number of esters is 1. The number of hydrogen-bond acceptors (Lipinski definition) is 5. The lowest BCUT2D eigenvalue weighted by Crippen LogP contribution is -2.31. The van der Waals surface area contributed by atoms with Crippen LogP contribution in [0.25, 0.3) is 0 Å². The van der Waals surface area contributed by atoms with E-state index >= 15 is 0 Å². The second kappa shape index (κ2) is 6.18. The van der Waals surface area contributed by atoms with Crippen LogP contribution in [-0.2, 0) is 4.79 Å². The van der Waals surface area contributed by atoms with Crippen LogP contribution in [0.4, 0.5) is 10.5 Å². The number of ether oxygens (including phenoxy) is 1. The standard InChI is InChI=1S/C10H11N3O5/c11-10(15)12-6-5-9(14)18-8-3-1-7(2-4-8)13(16)17/h1-4H,5-6H2,(H3,11,12,15). The highest BCUT2D eigenvalue weighted by molar-refractivity contribution is 5.75. The predicted molar refractivity (Wildman–Crippen MR) is 60.9 cm³/mol. The number of nitrogens with zero attached hydrogens (tertiary/aromatic N) is 1. The molecule has 0 aromatic heterocycles. The first-order valence-electron chi connectivity index (χ1n) is 4.97. The van der Waals surface area contributed by atoms with Crippen LogP contribution in [0.15, 0.2) is 24.3 Å². The molecule has 2 amide bonds. The van der Waals surface area contributed by atoms with E-state index in [4.69, 9.17) is 10.5 Å². The molecule has 18 heavy (non-hydrogen) atoms. The lowest BCUT2D eigenvalue weighted by atomic mass is 10.3. The summed E-state index contributed by atoms with van der Waals surface area (Å²) >= 11 is 0. The Balaban J connectivity index is 2.44. The lowest BCUT2D eigenvalue weighted by Gasteiger charge is -2.04. The fourth-order valence-electron chi connectivity index (χ4n) is 1.11. The van der Waals surface area contributed by atoms with E-state index in [-0.39, 0.29) is 24.4 Å². The van der Waals surface area contributed by atoms with Crippen molar-refractivity contribution in [3.63, 3.8) is 0 Å². The average molecular weight is 253 g/mol. The molecule has 0 spiro atoms. The van der Waals surface area contributed by atoms with Gasteiger partial charge in [0.25, 0.3) is 5.69 Å². The first-order chi connectivity index (χ1) is 8.49. The predicted octanol–water partition coefficient (Wildman–Crippen LogP) is 0.559. The number of nitrogens with two attached hydrogens (primary N) is 1. The molecule has 8 nitrogen and oxygen atoms in total. The van der Waals surface area contributed by atoms with Gasteiger partial charge in [0.05, 0.1) is 11.3 Å². The summed E-state index contributed by atoms with van der Waals surface area (Å²) < 4.78 is 4.88. The highest BCUT2D eigenvalue weighted by atomic mass is 16.6. The summed E-state index contributed by atoms with van der Waals surface area (Å²) in [4.78, 5) is 31.4. The molecule has 0 bridgehead atoms. The summed E-state index contributed by atoms with van der Waals surface area (Å²) in [5.74, 6) is -0.373. The van der Waals surface area contributed by atoms with Gasteiger partial charge < -0.3 is 15.8 Å². The number of urea groups is 1. The van der Waals surface area contributed by atoms with E-state index in [1.54, 1.807) is 0 Å². The van der Waals surface area contributed by atoms with Gasteiger partial charge in [-0.3, -0.25) is 14.9 Å². The second-order valence-corrected chi connectivity index (χ2v) is 3.27. The number of nitro groups is 1. The summed E-state index contributed by atoms with van der Waals surface area (Å²) in [5, 5.41) is 12.6. The first kappa shape index (κ1) is 13.4. The third-order valence-corrected chi connectivity index (χ3v) is 1.91. The van der Waals surface area contributed by atoms with Crippen LogP contribution in [-0.4, -0.2) is 23.5 Å². The monoisotopic (exact) mass is 253 g/mol. The minimum atomic E-state index is -0.724. The van der Waals surface area contributed by atoms with Crippen LogP contribution in [0.5, 0.6) is 5.75 Å². The molecule has 0 saturated heterocycles. The number of hydrogen-bond donors (Lipinski definition) is 2. The number of amides is 2. The van der Waals surface area contributed by atoms with E-state index in [0.717, 1.165) is 0 Å². The van der Waals surface area contributed by atoms with E-state index < -0.39 is 16.9 Å². The number of carbonyl (C=O) groups excluding carboxylic acids is 2. The third-order valence-electron chi connectivity index (χ3n) is 1.91. The molecule has 1 aromatic carbocycles. The van der Waals surface area contributed by atoms with Gasteiger partial charge in [0.15, 0.2) is 0 Å². The molecule has 0 radical (unpaired) electrons. The van der Waals surface area contributed by atoms with Crippen molar-refractivity contribution in [1.29, 1.82) is 0 Å². The van der Waals surface area contributed by atoms with Gasteiger partial charge in [-0.05, 0) is 12.1 Å². The van der Waals surface area contributed by atoms with Crippen LogP contribution in [0.1, 0.15) is 6.42 Å². The first-order valence-corrected chi connectivity index (χ1v) is 4.97. The minimum absolute atomic E-state index is 0.0417. The quantitative estimate of drug-likeness (QED) is 0.343. The van der Waals surface area contributed by atoms with Gasteiger partial charge in [0, 0.05) is 18.7 Å². The zero-order chi connectivity index (χ0) is 13.5. The molecule has 0 atom stereocenters. The normalized spacial score (nSPS) is 9.56. The molecule has 96 valence electrons. The molecule has 0 aliphatic rings. The van der Waals surface area contributed by atoms with Gasteiger partial charge in [-0.1, -0.05) is 0 Å².